The molecule has 1 aromatic carbocycles. The van der Waals surface area contributed by atoms with Crippen molar-refractivity contribution >= 4 is 11.6 Å². The molecule has 2 aromatic rings. The van der Waals surface area contributed by atoms with E-state index in [0.717, 1.165) is 31.4 Å². The highest BCUT2D eigenvalue weighted by molar-refractivity contribution is 5.95. The molecule has 0 saturated carbocycles. The Morgan fingerprint density at radius 1 is 1.25 bits per heavy atom. The zero-order valence-corrected chi connectivity index (χ0v) is 13.8. The third kappa shape index (κ3) is 2.39. The summed E-state index contributed by atoms with van der Waals surface area (Å²) in [6.07, 6.45) is 8.35. The summed E-state index contributed by atoms with van der Waals surface area (Å²) in [4.78, 5) is 12.8. The zero-order chi connectivity index (χ0) is 16.7. The van der Waals surface area contributed by atoms with Crippen molar-refractivity contribution in [3.63, 3.8) is 0 Å². The number of fused-ring (bicyclic) bond motifs is 2. The molecule has 0 radical (unpaired) electrons. The van der Waals surface area contributed by atoms with Gasteiger partial charge >= 0.3 is 0 Å². The maximum absolute atomic E-state index is 12.8. The molecule has 1 atom stereocenters. The summed E-state index contributed by atoms with van der Waals surface area (Å²) in [6, 6.07) is 5.54. The van der Waals surface area contributed by atoms with Gasteiger partial charge in [-0.05, 0) is 73.8 Å². The van der Waals surface area contributed by atoms with Crippen LogP contribution >= 0.6 is 0 Å². The minimum atomic E-state index is -0.443. The van der Waals surface area contributed by atoms with Crippen LogP contribution in [0.3, 0.4) is 0 Å². The fourth-order valence-corrected chi connectivity index (χ4v) is 3.93. The first-order valence-electron chi connectivity index (χ1n) is 8.60. The number of carbonyl (C=O) groups excluding carboxylic acids is 1. The second-order valence-electron chi connectivity index (χ2n) is 6.69. The molecule has 0 fully saturated rings. The van der Waals surface area contributed by atoms with Gasteiger partial charge in [-0.3, -0.25) is 9.48 Å². The van der Waals surface area contributed by atoms with E-state index in [2.05, 4.69) is 16.5 Å². The average Bonchev–Trinajstić information content (AvgIpc) is 3.32. The molecule has 1 N–H and O–H groups in total. The number of nitrogens with zero attached hydrogens (tertiary/aromatic N) is 3. The Hall–Kier alpha value is -2.61. The molecule has 4 rings (SSSR count). The maximum atomic E-state index is 12.8. The molecular formula is C19H20N4O. The molecule has 5 heteroatoms. The number of aryl methyl sites for hydroxylation is 2. The van der Waals surface area contributed by atoms with Crippen molar-refractivity contribution in [2.75, 3.05) is 5.32 Å². The summed E-state index contributed by atoms with van der Waals surface area (Å²) in [5, 5.41) is 16.2. The van der Waals surface area contributed by atoms with Gasteiger partial charge in [0.05, 0.1) is 0 Å². The molecule has 1 heterocycles. The van der Waals surface area contributed by atoms with Crippen LogP contribution in [0.5, 0.6) is 0 Å². The fraction of sp³-hybridized carbons (Fsp3) is 0.421. The van der Waals surface area contributed by atoms with Crippen LogP contribution in [-0.4, -0.2) is 15.7 Å². The number of aromatic nitrogens is 2. The van der Waals surface area contributed by atoms with E-state index in [-0.39, 0.29) is 5.91 Å². The van der Waals surface area contributed by atoms with Crippen molar-refractivity contribution in [2.45, 2.75) is 51.5 Å². The summed E-state index contributed by atoms with van der Waals surface area (Å²) < 4.78 is 1.55. The number of carbonyl (C=O) groups is 1. The second kappa shape index (κ2) is 5.79. The van der Waals surface area contributed by atoms with E-state index < -0.39 is 6.04 Å². The lowest BCUT2D eigenvalue weighted by molar-refractivity contribution is -0.119. The van der Waals surface area contributed by atoms with Gasteiger partial charge in [-0.15, -0.1) is 0 Å². The van der Waals surface area contributed by atoms with Gasteiger partial charge in [0, 0.05) is 11.9 Å². The molecule has 24 heavy (non-hydrogen) atoms. The monoisotopic (exact) mass is 320 g/mol. The van der Waals surface area contributed by atoms with Crippen molar-refractivity contribution in [3.05, 3.63) is 46.3 Å². The fourth-order valence-electron chi connectivity index (χ4n) is 3.93. The lowest BCUT2D eigenvalue weighted by atomic mass is 9.98. The highest BCUT2D eigenvalue weighted by Crippen LogP contribution is 2.38. The first-order chi connectivity index (χ1) is 11.7. The highest BCUT2D eigenvalue weighted by atomic mass is 16.2. The van der Waals surface area contributed by atoms with E-state index in [9.17, 15) is 4.79 Å². The molecule has 2 aliphatic rings. The second-order valence-corrected chi connectivity index (χ2v) is 6.69. The summed E-state index contributed by atoms with van der Waals surface area (Å²) in [6.45, 7) is 1.81. The van der Waals surface area contributed by atoms with Crippen molar-refractivity contribution in [1.82, 2.24) is 9.78 Å². The third-order valence-electron chi connectivity index (χ3n) is 5.22. The quantitative estimate of drug-likeness (QED) is 0.945. The lowest BCUT2D eigenvalue weighted by Gasteiger charge is -2.18. The Bertz CT molecular complexity index is 827. The Labute approximate surface area is 141 Å². The molecule has 0 saturated heterocycles. The van der Waals surface area contributed by atoms with Crippen LogP contribution in [0.25, 0.3) is 0 Å². The van der Waals surface area contributed by atoms with Gasteiger partial charge in [-0.2, -0.15) is 10.4 Å². The normalized spacial score (nSPS) is 16.3. The number of nitriles is 1. The van der Waals surface area contributed by atoms with Crippen LogP contribution in [0.1, 0.15) is 53.8 Å². The van der Waals surface area contributed by atoms with Gasteiger partial charge in [0.2, 0.25) is 5.91 Å². The topological polar surface area (TPSA) is 70.7 Å². The first-order valence-corrected chi connectivity index (χ1v) is 8.60. The predicted molar refractivity (Wildman–Crippen MR) is 90.8 cm³/mol. The smallest absolute Gasteiger partial charge is 0.248 e. The van der Waals surface area contributed by atoms with Crippen LogP contribution in [0.2, 0.25) is 0 Å². The van der Waals surface area contributed by atoms with Crippen LogP contribution < -0.4 is 5.32 Å². The molecule has 2 aliphatic carbocycles. The van der Waals surface area contributed by atoms with Gasteiger partial charge in [0.25, 0.3) is 0 Å². The van der Waals surface area contributed by atoms with E-state index in [1.165, 1.54) is 35.1 Å². The Morgan fingerprint density at radius 3 is 2.50 bits per heavy atom. The molecule has 0 aliphatic heterocycles. The summed E-state index contributed by atoms with van der Waals surface area (Å²) in [7, 11) is 0. The molecule has 0 spiro atoms. The highest BCUT2D eigenvalue weighted by Gasteiger charge is 2.26. The minimum absolute atomic E-state index is 0.0722. The van der Waals surface area contributed by atoms with Gasteiger partial charge in [-0.1, -0.05) is 6.07 Å². The number of amides is 1. The summed E-state index contributed by atoms with van der Waals surface area (Å²) in [5.74, 6) is -0.0722. The Balaban J connectivity index is 1.64. The van der Waals surface area contributed by atoms with Crippen molar-refractivity contribution in [3.8, 4) is 6.07 Å². The van der Waals surface area contributed by atoms with E-state index in [1.807, 2.05) is 13.0 Å². The van der Waals surface area contributed by atoms with E-state index in [4.69, 9.17) is 5.26 Å². The molecule has 1 amide bonds. The van der Waals surface area contributed by atoms with Crippen LogP contribution in [0, 0.1) is 11.3 Å². The summed E-state index contributed by atoms with van der Waals surface area (Å²) in [5.41, 5.74) is 6.86. The zero-order valence-electron chi connectivity index (χ0n) is 13.8. The van der Waals surface area contributed by atoms with Crippen LogP contribution in [0.15, 0.2) is 18.3 Å². The Kier molecular flexibility index (Phi) is 3.61. The van der Waals surface area contributed by atoms with Gasteiger partial charge in [0.15, 0.2) is 5.69 Å². The van der Waals surface area contributed by atoms with Gasteiger partial charge < -0.3 is 5.32 Å². The first kappa shape index (κ1) is 14.9. The van der Waals surface area contributed by atoms with E-state index in [1.54, 1.807) is 16.9 Å². The number of anilines is 1. The molecule has 0 bridgehead atoms. The number of hydrogen-bond acceptors (Lipinski definition) is 3. The van der Waals surface area contributed by atoms with E-state index in [0.29, 0.717) is 5.69 Å². The molecule has 122 valence electrons. The molecule has 1 unspecified atom stereocenters. The average molecular weight is 320 g/mol. The van der Waals surface area contributed by atoms with Gasteiger partial charge in [-0.25, -0.2) is 0 Å². The van der Waals surface area contributed by atoms with Crippen molar-refractivity contribution in [2.24, 2.45) is 0 Å². The van der Waals surface area contributed by atoms with Crippen LogP contribution in [-0.2, 0) is 30.5 Å². The van der Waals surface area contributed by atoms with E-state index >= 15 is 0 Å². The maximum Gasteiger partial charge on any atom is 0.248 e. The molecule has 5 nitrogen and oxygen atoms in total. The number of rotatable bonds is 3. The summed E-state index contributed by atoms with van der Waals surface area (Å²) >= 11 is 0. The van der Waals surface area contributed by atoms with Crippen LogP contribution in [0.4, 0.5) is 5.69 Å². The number of hydrogen-bond donors (Lipinski definition) is 1. The number of nitrogens with one attached hydrogen (secondary N) is 1. The van der Waals surface area contributed by atoms with Crippen molar-refractivity contribution in [1.29, 1.82) is 5.26 Å². The lowest BCUT2D eigenvalue weighted by Crippen LogP contribution is -2.25. The standard InChI is InChI=1S/C19H20N4O/c1-12(23-9-8-15(11-20)22-23)19(24)21-18-16-6-2-4-13(16)10-14-5-3-7-17(14)18/h8-10,12H,2-7H2,1H3,(H,21,24). The van der Waals surface area contributed by atoms with Gasteiger partial charge in [0.1, 0.15) is 12.1 Å². The minimum Gasteiger partial charge on any atom is -0.324 e. The van der Waals surface area contributed by atoms with Crippen molar-refractivity contribution < 1.29 is 4.79 Å². The predicted octanol–water partition coefficient (Wildman–Crippen LogP) is 2.93. The SMILES string of the molecule is CC(C(=O)Nc1c2c(cc3c1CCC3)CCC2)n1ccc(C#N)n1. The molecular weight excluding hydrogens is 300 g/mol. The largest absolute Gasteiger partial charge is 0.324 e. The third-order valence-corrected chi connectivity index (χ3v) is 5.22. The Morgan fingerprint density at radius 2 is 1.92 bits per heavy atom. The molecule has 1 aromatic heterocycles. The number of benzene rings is 1.